The number of nitrogens with zero attached hydrogens (tertiary/aromatic N) is 1. The largest absolute Gasteiger partial charge is 0.478 e. The van der Waals surface area contributed by atoms with Crippen LogP contribution < -0.4 is 4.90 Å². The quantitative estimate of drug-likeness (QED) is 0.832. The zero-order chi connectivity index (χ0) is 13.1. The van der Waals surface area contributed by atoms with Crippen molar-refractivity contribution in [3.8, 4) is 0 Å². The molecule has 1 unspecified atom stereocenters. The van der Waals surface area contributed by atoms with Gasteiger partial charge in [0.05, 0.1) is 0 Å². The number of rotatable bonds is 3. The molecule has 0 amide bonds. The van der Waals surface area contributed by atoms with Crippen LogP contribution in [-0.2, 0) is 4.79 Å². The Morgan fingerprint density at radius 1 is 1.50 bits per heavy atom. The van der Waals surface area contributed by atoms with E-state index in [1.165, 1.54) is 23.7 Å². The summed E-state index contributed by atoms with van der Waals surface area (Å²) in [6, 6.07) is 6.11. The highest BCUT2D eigenvalue weighted by Gasteiger charge is 2.19. The lowest BCUT2D eigenvalue weighted by atomic mass is 10.1. The van der Waals surface area contributed by atoms with E-state index in [-0.39, 0.29) is 0 Å². The predicted octanol–water partition coefficient (Wildman–Crippen LogP) is 2.94. The summed E-state index contributed by atoms with van der Waals surface area (Å²) in [5.74, 6) is -0.152. The minimum Gasteiger partial charge on any atom is -0.478 e. The second kappa shape index (κ2) is 5.25. The molecule has 1 aliphatic rings. The molecule has 96 valence electrons. The molecule has 1 aliphatic heterocycles. The van der Waals surface area contributed by atoms with Gasteiger partial charge in [0.25, 0.3) is 0 Å². The van der Waals surface area contributed by atoms with E-state index < -0.39 is 5.97 Å². The third-order valence-corrected chi connectivity index (χ3v) is 3.40. The average Bonchev–Trinajstić information content (AvgIpc) is 2.73. The molecule has 0 aliphatic carbocycles. The Balaban J connectivity index is 2.17. The van der Waals surface area contributed by atoms with Gasteiger partial charge in [-0.25, -0.2) is 4.79 Å². The lowest BCUT2D eigenvalue weighted by Crippen LogP contribution is -2.19. The van der Waals surface area contributed by atoms with Crippen molar-refractivity contribution in [2.24, 2.45) is 5.92 Å². The summed E-state index contributed by atoms with van der Waals surface area (Å²) in [4.78, 5) is 12.9. The highest BCUT2D eigenvalue weighted by atomic mass is 16.4. The van der Waals surface area contributed by atoms with Gasteiger partial charge in [-0.05, 0) is 48.6 Å². The van der Waals surface area contributed by atoms with Gasteiger partial charge in [0.1, 0.15) is 0 Å². The van der Waals surface area contributed by atoms with Gasteiger partial charge < -0.3 is 10.0 Å². The summed E-state index contributed by atoms with van der Waals surface area (Å²) in [5.41, 5.74) is 3.41. The first kappa shape index (κ1) is 12.7. The Labute approximate surface area is 108 Å². The smallest absolute Gasteiger partial charge is 0.328 e. The van der Waals surface area contributed by atoms with Crippen molar-refractivity contribution in [1.29, 1.82) is 0 Å². The van der Waals surface area contributed by atoms with Gasteiger partial charge in [0.15, 0.2) is 0 Å². The number of carboxylic acid groups (broad SMARTS) is 1. The summed E-state index contributed by atoms with van der Waals surface area (Å²) >= 11 is 0. The number of benzene rings is 1. The molecule has 3 nitrogen and oxygen atoms in total. The number of aliphatic carboxylic acids is 1. The van der Waals surface area contributed by atoms with Crippen LogP contribution in [0.5, 0.6) is 0 Å². The second-order valence-electron chi connectivity index (χ2n) is 5.06. The van der Waals surface area contributed by atoms with Crippen molar-refractivity contribution in [2.75, 3.05) is 18.0 Å². The molecule has 2 rings (SSSR count). The zero-order valence-electron chi connectivity index (χ0n) is 10.9. The average molecular weight is 245 g/mol. The molecule has 1 N–H and O–H groups in total. The van der Waals surface area contributed by atoms with Crippen LogP contribution in [0, 0.1) is 12.8 Å². The number of carbonyl (C=O) groups is 1. The Bertz CT molecular complexity index is 479. The van der Waals surface area contributed by atoms with Gasteiger partial charge in [-0.15, -0.1) is 0 Å². The van der Waals surface area contributed by atoms with Crippen LogP contribution in [0.1, 0.15) is 24.5 Å². The Hall–Kier alpha value is -1.77. The first-order valence-corrected chi connectivity index (χ1v) is 6.33. The maximum atomic E-state index is 10.5. The third kappa shape index (κ3) is 2.92. The molecule has 0 spiro atoms. The van der Waals surface area contributed by atoms with E-state index in [0.29, 0.717) is 0 Å². The van der Waals surface area contributed by atoms with Crippen molar-refractivity contribution in [3.63, 3.8) is 0 Å². The molecule has 1 aromatic carbocycles. The maximum absolute atomic E-state index is 10.5. The second-order valence-corrected chi connectivity index (χ2v) is 5.06. The Morgan fingerprint density at radius 2 is 2.28 bits per heavy atom. The van der Waals surface area contributed by atoms with E-state index in [1.807, 2.05) is 12.1 Å². The summed E-state index contributed by atoms with van der Waals surface area (Å²) in [7, 11) is 0. The minimum absolute atomic E-state index is 0.760. The third-order valence-electron chi connectivity index (χ3n) is 3.40. The van der Waals surface area contributed by atoms with Crippen LogP contribution in [0.3, 0.4) is 0 Å². The summed E-state index contributed by atoms with van der Waals surface area (Å²) in [5, 5.41) is 8.61. The molecule has 0 bridgehead atoms. The predicted molar refractivity (Wildman–Crippen MR) is 73.8 cm³/mol. The molecule has 0 saturated carbocycles. The van der Waals surface area contributed by atoms with Crippen LogP contribution in [-0.4, -0.2) is 24.2 Å². The normalized spacial score (nSPS) is 19.7. The lowest BCUT2D eigenvalue weighted by Gasteiger charge is -2.20. The van der Waals surface area contributed by atoms with E-state index in [2.05, 4.69) is 24.8 Å². The first-order valence-electron chi connectivity index (χ1n) is 6.33. The van der Waals surface area contributed by atoms with Gasteiger partial charge in [-0.1, -0.05) is 13.0 Å². The topological polar surface area (TPSA) is 40.5 Å². The van der Waals surface area contributed by atoms with Gasteiger partial charge in [-0.2, -0.15) is 0 Å². The van der Waals surface area contributed by atoms with Crippen LogP contribution in [0.2, 0.25) is 0 Å². The first-order chi connectivity index (χ1) is 8.56. The lowest BCUT2D eigenvalue weighted by molar-refractivity contribution is -0.131. The van der Waals surface area contributed by atoms with Crippen LogP contribution >= 0.6 is 0 Å². The molecule has 0 aromatic heterocycles. The van der Waals surface area contributed by atoms with Crippen molar-refractivity contribution in [2.45, 2.75) is 20.3 Å². The SMILES string of the molecule is Cc1cc(C=CC(=O)O)ccc1N1CCC(C)C1. The number of hydrogen-bond acceptors (Lipinski definition) is 2. The monoisotopic (exact) mass is 245 g/mol. The number of carboxylic acids is 1. The fourth-order valence-electron chi connectivity index (χ4n) is 2.46. The van der Waals surface area contributed by atoms with Gasteiger partial charge in [0.2, 0.25) is 0 Å². The summed E-state index contributed by atoms with van der Waals surface area (Å²) < 4.78 is 0. The van der Waals surface area contributed by atoms with Crippen LogP contribution in [0.25, 0.3) is 6.08 Å². The molecule has 1 saturated heterocycles. The van der Waals surface area contributed by atoms with Crippen LogP contribution in [0.4, 0.5) is 5.69 Å². The minimum atomic E-state index is -0.912. The number of aryl methyl sites for hydroxylation is 1. The molecule has 0 radical (unpaired) electrons. The highest BCUT2D eigenvalue weighted by Crippen LogP contribution is 2.27. The molecule has 1 fully saturated rings. The van der Waals surface area contributed by atoms with E-state index in [4.69, 9.17) is 5.11 Å². The molecule has 3 heteroatoms. The molecule has 1 aromatic rings. The molecule has 1 heterocycles. The summed E-state index contributed by atoms with van der Waals surface area (Å²) in [6.45, 7) is 6.59. The van der Waals surface area contributed by atoms with Crippen molar-refractivity contribution >= 4 is 17.7 Å². The van der Waals surface area contributed by atoms with E-state index in [0.717, 1.165) is 24.6 Å². The molecular formula is C15H19NO2. The van der Waals surface area contributed by atoms with E-state index >= 15 is 0 Å². The fourth-order valence-corrected chi connectivity index (χ4v) is 2.46. The molecular weight excluding hydrogens is 226 g/mol. The Kier molecular flexibility index (Phi) is 3.70. The molecule has 1 atom stereocenters. The van der Waals surface area contributed by atoms with Gasteiger partial charge in [-0.3, -0.25) is 0 Å². The van der Waals surface area contributed by atoms with Gasteiger partial charge in [0, 0.05) is 24.9 Å². The van der Waals surface area contributed by atoms with E-state index in [1.54, 1.807) is 6.08 Å². The van der Waals surface area contributed by atoms with Crippen molar-refractivity contribution < 1.29 is 9.90 Å². The van der Waals surface area contributed by atoms with Crippen molar-refractivity contribution in [3.05, 3.63) is 35.4 Å². The van der Waals surface area contributed by atoms with Crippen LogP contribution in [0.15, 0.2) is 24.3 Å². The highest BCUT2D eigenvalue weighted by molar-refractivity contribution is 5.85. The molecule has 18 heavy (non-hydrogen) atoms. The summed E-state index contributed by atoms with van der Waals surface area (Å²) in [6.07, 6.45) is 4.05. The number of hydrogen-bond donors (Lipinski definition) is 1. The maximum Gasteiger partial charge on any atom is 0.328 e. The zero-order valence-corrected chi connectivity index (χ0v) is 10.9. The fraction of sp³-hybridized carbons (Fsp3) is 0.400. The van der Waals surface area contributed by atoms with E-state index in [9.17, 15) is 4.79 Å². The number of anilines is 1. The van der Waals surface area contributed by atoms with Gasteiger partial charge >= 0.3 is 5.97 Å². The standard InChI is InChI=1S/C15H19NO2/c1-11-7-8-16(10-11)14-5-3-13(9-12(14)2)4-6-15(17)18/h3-6,9,11H,7-8,10H2,1-2H3,(H,17,18). The van der Waals surface area contributed by atoms with Crippen molar-refractivity contribution in [1.82, 2.24) is 0 Å². The Morgan fingerprint density at radius 3 is 2.83 bits per heavy atom.